The van der Waals surface area contributed by atoms with E-state index in [4.69, 9.17) is 4.74 Å². The van der Waals surface area contributed by atoms with Crippen molar-refractivity contribution >= 4 is 15.9 Å². The van der Waals surface area contributed by atoms with Gasteiger partial charge in [0, 0.05) is 16.1 Å². The molecule has 21 heavy (non-hydrogen) atoms. The summed E-state index contributed by atoms with van der Waals surface area (Å²) in [5, 5.41) is 3.73. The van der Waals surface area contributed by atoms with E-state index in [0.29, 0.717) is 0 Å². The molecule has 0 amide bonds. The van der Waals surface area contributed by atoms with Crippen molar-refractivity contribution in [3.8, 4) is 5.75 Å². The molecule has 2 aromatic carbocycles. The van der Waals surface area contributed by atoms with Gasteiger partial charge in [0.05, 0.1) is 6.04 Å². The van der Waals surface area contributed by atoms with Crippen LogP contribution in [-0.2, 0) is 0 Å². The maximum Gasteiger partial charge on any atom is 0.125 e. The Morgan fingerprint density at radius 3 is 2.52 bits per heavy atom. The van der Waals surface area contributed by atoms with E-state index in [2.05, 4.69) is 72.3 Å². The first-order valence-corrected chi connectivity index (χ1v) is 8.07. The number of ether oxygens (including phenoxy) is 1. The molecule has 3 rings (SSSR count). The summed E-state index contributed by atoms with van der Waals surface area (Å²) in [5.74, 6) is 0.985. The normalized spacial score (nSPS) is 20.7. The summed E-state index contributed by atoms with van der Waals surface area (Å²) in [7, 11) is 0. The highest BCUT2D eigenvalue weighted by Crippen LogP contribution is 2.44. The monoisotopic (exact) mass is 345 g/mol. The van der Waals surface area contributed by atoms with Crippen molar-refractivity contribution in [3.05, 3.63) is 64.1 Å². The largest absolute Gasteiger partial charge is 0.486 e. The third-order valence-electron chi connectivity index (χ3n) is 4.09. The van der Waals surface area contributed by atoms with Crippen LogP contribution in [0, 0.1) is 0 Å². The van der Waals surface area contributed by atoms with Crippen molar-refractivity contribution in [2.75, 3.05) is 0 Å². The van der Waals surface area contributed by atoms with Crippen molar-refractivity contribution in [2.45, 2.75) is 38.5 Å². The maximum absolute atomic E-state index is 6.10. The van der Waals surface area contributed by atoms with Crippen LogP contribution < -0.4 is 10.1 Å². The number of hydrogen-bond acceptors (Lipinski definition) is 2. The van der Waals surface area contributed by atoms with Crippen molar-refractivity contribution in [2.24, 2.45) is 0 Å². The molecule has 1 N–H and O–H groups in total. The topological polar surface area (TPSA) is 21.3 Å². The van der Waals surface area contributed by atoms with E-state index in [1.807, 2.05) is 18.2 Å². The summed E-state index contributed by atoms with van der Waals surface area (Å²) in [6.45, 7) is 6.46. The van der Waals surface area contributed by atoms with Crippen LogP contribution in [0.1, 0.15) is 44.0 Å². The smallest absolute Gasteiger partial charge is 0.125 e. The molecule has 1 unspecified atom stereocenters. The van der Waals surface area contributed by atoms with Crippen LogP contribution in [0.4, 0.5) is 0 Å². The predicted octanol–water partition coefficient (Wildman–Crippen LogP) is 5.01. The van der Waals surface area contributed by atoms with Crippen molar-refractivity contribution in [1.82, 2.24) is 5.32 Å². The molecule has 2 nitrogen and oxygen atoms in total. The lowest BCUT2D eigenvalue weighted by molar-refractivity contribution is 0.0919. The molecule has 0 bridgehead atoms. The number of benzene rings is 2. The average molecular weight is 346 g/mol. The number of para-hydroxylation sites is 1. The molecule has 0 aromatic heterocycles. The summed E-state index contributed by atoms with van der Waals surface area (Å²) < 4.78 is 7.23. The molecule has 3 heteroatoms. The summed E-state index contributed by atoms with van der Waals surface area (Å²) in [6.07, 6.45) is 0. The molecular weight excluding hydrogens is 326 g/mol. The zero-order valence-corrected chi connectivity index (χ0v) is 14.1. The summed E-state index contributed by atoms with van der Waals surface area (Å²) in [4.78, 5) is 0. The van der Waals surface area contributed by atoms with Gasteiger partial charge in [-0.15, -0.1) is 0 Å². The lowest BCUT2D eigenvalue weighted by Gasteiger charge is -2.30. The zero-order chi connectivity index (χ0) is 15.0. The molecule has 1 aliphatic heterocycles. The standard InChI is InChI=1S/C18H20BrNO/c1-12(13-8-4-6-10-15(13)19)20-17-14-9-5-7-11-16(14)21-18(17,2)3/h4-12,17,20H,1-3H3/t12-,17?/m0/s1. The van der Waals surface area contributed by atoms with Crippen molar-refractivity contribution in [3.63, 3.8) is 0 Å². The van der Waals surface area contributed by atoms with Crippen LogP contribution in [0.2, 0.25) is 0 Å². The fraction of sp³-hybridized carbons (Fsp3) is 0.333. The number of rotatable bonds is 3. The molecule has 2 aromatic rings. The van der Waals surface area contributed by atoms with E-state index in [-0.39, 0.29) is 17.7 Å². The molecule has 0 aliphatic carbocycles. The zero-order valence-electron chi connectivity index (χ0n) is 12.6. The van der Waals surface area contributed by atoms with Gasteiger partial charge in [0.1, 0.15) is 11.4 Å². The number of halogens is 1. The van der Waals surface area contributed by atoms with Gasteiger partial charge in [0.25, 0.3) is 0 Å². The van der Waals surface area contributed by atoms with Crippen LogP contribution in [-0.4, -0.2) is 5.60 Å². The number of fused-ring (bicyclic) bond motifs is 1. The Labute approximate surface area is 134 Å². The Kier molecular flexibility index (Phi) is 3.80. The second kappa shape index (κ2) is 5.47. The van der Waals surface area contributed by atoms with Gasteiger partial charge >= 0.3 is 0 Å². The molecule has 2 atom stereocenters. The van der Waals surface area contributed by atoms with Crippen LogP contribution >= 0.6 is 15.9 Å². The van der Waals surface area contributed by atoms with Crippen molar-refractivity contribution < 1.29 is 4.74 Å². The second-order valence-corrected chi connectivity index (χ2v) is 6.94. The van der Waals surface area contributed by atoms with Gasteiger partial charge in [0.2, 0.25) is 0 Å². The highest BCUT2D eigenvalue weighted by Gasteiger charge is 2.41. The Balaban J connectivity index is 1.89. The number of nitrogens with one attached hydrogen (secondary N) is 1. The van der Waals surface area contributed by atoms with Gasteiger partial charge in [-0.25, -0.2) is 0 Å². The van der Waals surface area contributed by atoms with Crippen molar-refractivity contribution in [1.29, 1.82) is 0 Å². The third-order valence-corrected chi connectivity index (χ3v) is 4.81. The van der Waals surface area contributed by atoms with Crippen LogP contribution in [0.25, 0.3) is 0 Å². The molecular formula is C18H20BrNO. The van der Waals surface area contributed by atoms with E-state index in [9.17, 15) is 0 Å². The molecule has 1 heterocycles. The first-order chi connectivity index (χ1) is 9.99. The molecule has 0 saturated carbocycles. The summed E-state index contributed by atoms with van der Waals surface area (Å²) in [5.41, 5.74) is 2.25. The molecule has 1 aliphatic rings. The first kappa shape index (κ1) is 14.6. The van der Waals surface area contributed by atoms with Gasteiger partial charge in [-0.2, -0.15) is 0 Å². The highest BCUT2D eigenvalue weighted by molar-refractivity contribution is 9.10. The van der Waals surface area contributed by atoms with Crippen LogP contribution in [0.5, 0.6) is 5.75 Å². The van der Waals surface area contributed by atoms with E-state index in [0.717, 1.165) is 10.2 Å². The van der Waals surface area contributed by atoms with Gasteiger partial charge < -0.3 is 4.74 Å². The molecule has 0 spiro atoms. The minimum atomic E-state index is -0.251. The fourth-order valence-corrected chi connectivity index (χ4v) is 3.61. The average Bonchev–Trinajstić information content (AvgIpc) is 2.70. The highest BCUT2D eigenvalue weighted by atomic mass is 79.9. The van der Waals surface area contributed by atoms with E-state index < -0.39 is 0 Å². The lowest BCUT2D eigenvalue weighted by atomic mass is 9.93. The first-order valence-electron chi connectivity index (χ1n) is 7.27. The Morgan fingerprint density at radius 1 is 1.10 bits per heavy atom. The van der Waals surface area contributed by atoms with E-state index in [1.54, 1.807) is 0 Å². The lowest BCUT2D eigenvalue weighted by Crippen LogP contribution is -2.40. The molecule has 110 valence electrons. The third kappa shape index (κ3) is 2.72. The molecule has 0 saturated heterocycles. The Morgan fingerprint density at radius 2 is 1.76 bits per heavy atom. The predicted molar refractivity (Wildman–Crippen MR) is 89.6 cm³/mol. The van der Waals surface area contributed by atoms with E-state index in [1.165, 1.54) is 11.1 Å². The summed E-state index contributed by atoms with van der Waals surface area (Å²) in [6, 6.07) is 17.0. The minimum Gasteiger partial charge on any atom is -0.486 e. The van der Waals surface area contributed by atoms with Crippen LogP contribution in [0.15, 0.2) is 53.0 Å². The van der Waals surface area contributed by atoms with Gasteiger partial charge in [0.15, 0.2) is 0 Å². The second-order valence-electron chi connectivity index (χ2n) is 6.09. The quantitative estimate of drug-likeness (QED) is 0.843. The maximum atomic E-state index is 6.10. The van der Waals surface area contributed by atoms with Gasteiger partial charge in [-0.3, -0.25) is 5.32 Å². The summed E-state index contributed by atoms with van der Waals surface area (Å²) >= 11 is 3.64. The molecule has 0 fully saturated rings. The minimum absolute atomic E-state index is 0.177. The van der Waals surface area contributed by atoms with Crippen LogP contribution in [0.3, 0.4) is 0 Å². The van der Waals surface area contributed by atoms with Gasteiger partial charge in [-0.1, -0.05) is 52.3 Å². The Bertz CT molecular complexity index is 653. The SMILES string of the molecule is C[C@H](NC1c2ccccc2OC1(C)C)c1ccccc1Br. The van der Waals surface area contributed by atoms with E-state index >= 15 is 0 Å². The number of hydrogen-bond donors (Lipinski definition) is 1. The Hall–Kier alpha value is -1.32. The van der Waals surface area contributed by atoms with Gasteiger partial charge in [-0.05, 0) is 38.5 Å². The fourth-order valence-electron chi connectivity index (χ4n) is 2.99. The molecule has 0 radical (unpaired) electrons.